The van der Waals surface area contributed by atoms with Crippen LogP contribution >= 0.6 is 11.6 Å². The molecule has 1 fully saturated rings. The van der Waals surface area contributed by atoms with Crippen LogP contribution in [0.4, 0.5) is 4.39 Å². The van der Waals surface area contributed by atoms with Gasteiger partial charge in [0, 0.05) is 44.6 Å². The number of carbonyl (C=O) groups excluding carboxylic acids is 2. The van der Waals surface area contributed by atoms with E-state index in [0.29, 0.717) is 50.2 Å². The molecule has 0 aliphatic carbocycles. The van der Waals surface area contributed by atoms with Gasteiger partial charge < -0.3 is 14.3 Å². The van der Waals surface area contributed by atoms with Crippen LogP contribution in [0.25, 0.3) is 11.4 Å². The summed E-state index contributed by atoms with van der Waals surface area (Å²) < 4.78 is 18.6. The fourth-order valence-corrected chi connectivity index (χ4v) is 4.10. The molecule has 1 aromatic heterocycles. The van der Waals surface area contributed by atoms with Crippen molar-refractivity contribution in [2.24, 2.45) is 0 Å². The van der Waals surface area contributed by atoms with Crippen LogP contribution in [0.3, 0.4) is 0 Å². The van der Waals surface area contributed by atoms with Gasteiger partial charge in [-0.1, -0.05) is 54.9 Å². The van der Waals surface area contributed by atoms with Gasteiger partial charge in [-0.3, -0.25) is 9.59 Å². The Bertz CT molecular complexity index is 1170. The number of aromatic nitrogens is 2. The average molecular weight is 485 g/mol. The minimum atomic E-state index is -0.491. The van der Waals surface area contributed by atoms with Crippen molar-refractivity contribution < 1.29 is 18.5 Å². The third-order valence-electron chi connectivity index (χ3n) is 5.94. The number of halogens is 2. The van der Waals surface area contributed by atoms with Crippen LogP contribution in [0.5, 0.6) is 0 Å². The molecule has 3 aromatic rings. The van der Waals surface area contributed by atoms with Gasteiger partial charge in [-0.2, -0.15) is 4.98 Å². The number of nitrogens with zero attached hydrogens (tertiary/aromatic N) is 4. The normalized spacial score (nSPS) is 14.0. The van der Waals surface area contributed by atoms with Crippen molar-refractivity contribution in [3.05, 3.63) is 70.3 Å². The number of hydrogen-bond donors (Lipinski definition) is 0. The van der Waals surface area contributed by atoms with E-state index < -0.39 is 5.82 Å². The van der Waals surface area contributed by atoms with Crippen LogP contribution in [0.2, 0.25) is 5.02 Å². The maximum absolute atomic E-state index is 13.2. The van der Waals surface area contributed by atoms with Gasteiger partial charge in [-0.05, 0) is 29.7 Å². The Kier molecular flexibility index (Phi) is 7.26. The van der Waals surface area contributed by atoms with Gasteiger partial charge in [-0.15, -0.1) is 0 Å². The number of benzene rings is 2. The summed E-state index contributed by atoms with van der Waals surface area (Å²) in [5, 5.41) is 4.11. The van der Waals surface area contributed by atoms with E-state index in [0.717, 1.165) is 11.6 Å². The Morgan fingerprint density at radius 2 is 1.74 bits per heavy atom. The predicted octanol–water partition coefficient (Wildman–Crippen LogP) is 4.57. The van der Waals surface area contributed by atoms with Crippen LogP contribution in [0, 0.1) is 5.82 Å². The van der Waals surface area contributed by atoms with Crippen molar-refractivity contribution in [3.8, 4) is 11.4 Å². The van der Waals surface area contributed by atoms with Crippen LogP contribution in [0.15, 0.2) is 47.0 Å². The molecule has 2 aromatic carbocycles. The molecule has 0 bridgehead atoms. The Hall–Kier alpha value is -3.26. The van der Waals surface area contributed by atoms with E-state index >= 15 is 0 Å². The molecule has 1 aliphatic heterocycles. The summed E-state index contributed by atoms with van der Waals surface area (Å²) in [6.45, 7) is 5.88. The lowest BCUT2D eigenvalue weighted by molar-refractivity contribution is -0.132. The predicted molar refractivity (Wildman–Crippen MR) is 126 cm³/mol. The lowest BCUT2D eigenvalue weighted by atomic mass is 10.0. The first-order chi connectivity index (χ1) is 16.3. The molecule has 178 valence electrons. The van der Waals surface area contributed by atoms with E-state index in [9.17, 15) is 14.0 Å². The van der Waals surface area contributed by atoms with Gasteiger partial charge in [-0.25, -0.2) is 4.39 Å². The second kappa shape index (κ2) is 10.3. The zero-order valence-corrected chi connectivity index (χ0v) is 19.9. The van der Waals surface area contributed by atoms with Gasteiger partial charge in [0.05, 0.1) is 10.6 Å². The van der Waals surface area contributed by atoms with E-state index in [1.165, 1.54) is 17.7 Å². The highest BCUT2D eigenvalue weighted by molar-refractivity contribution is 6.33. The monoisotopic (exact) mass is 484 g/mol. The summed E-state index contributed by atoms with van der Waals surface area (Å²) >= 11 is 6.01. The molecule has 1 aliphatic rings. The van der Waals surface area contributed by atoms with Crippen LogP contribution in [-0.2, 0) is 11.2 Å². The second-order valence-corrected chi connectivity index (χ2v) is 8.99. The Balaban J connectivity index is 1.27. The fourth-order valence-electron chi connectivity index (χ4n) is 3.85. The van der Waals surface area contributed by atoms with Crippen LogP contribution in [0.1, 0.15) is 48.0 Å². The minimum absolute atomic E-state index is 0.0343. The average Bonchev–Trinajstić information content (AvgIpc) is 3.31. The van der Waals surface area contributed by atoms with E-state index in [1.54, 1.807) is 9.80 Å². The van der Waals surface area contributed by atoms with Crippen molar-refractivity contribution in [2.75, 3.05) is 26.2 Å². The largest absolute Gasteiger partial charge is 0.339 e. The molecule has 0 atom stereocenters. The Labute approximate surface area is 202 Å². The van der Waals surface area contributed by atoms with Crippen LogP contribution < -0.4 is 0 Å². The topological polar surface area (TPSA) is 79.5 Å². The van der Waals surface area contributed by atoms with Gasteiger partial charge in [0.2, 0.25) is 17.6 Å². The molecule has 7 nitrogen and oxygen atoms in total. The third kappa shape index (κ3) is 5.44. The Morgan fingerprint density at radius 3 is 2.38 bits per heavy atom. The van der Waals surface area contributed by atoms with E-state index in [1.807, 2.05) is 24.3 Å². The highest BCUT2D eigenvalue weighted by Crippen LogP contribution is 2.22. The summed E-state index contributed by atoms with van der Waals surface area (Å²) in [7, 11) is 0. The molecule has 9 heteroatoms. The van der Waals surface area contributed by atoms with Crippen molar-refractivity contribution in [1.29, 1.82) is 0 Å². The SMILES string of the molecule is CC(C)c1ccc(-c2noc(CCC(=O)N3CCN(C(=O)c4ccc(F)cc4Cl)CC3)n2)cc1. The molecule has 34 heavy (non-hydrogen) atoms. The molecule has 0 radical (unpaired) electrons. The minimum Gasteiger partial charge on any atom is -0.339 e. The summed E-state index contributed by atoms with van der Waals surface area (Å²) in [6, 6.07) is 11.8. The number of amides is 2. The molecule has 0 spiro atoms. The maximum atomic E-state index is 13.2. The number of rotatable bonds is 6. The molecular weight excluding hydrogens is 459 g/mol. The number of piperazine rings is 1. The van der Waals surface area contributed by atoms with E-state index in [-0.39, 0.29) is 28.8 Å². The van der Waals surface area contributed by atoms with Crippen LogP contribution in [-0.4, -0.2) is 57.9 Å². The van der Waals surface area contributed by atoms with Crippen molar-refractivity contribution in [1.82, 2.24) is 19.9 Å². The van der Waals surface area contributed by atoms with Crippen molar-refractivity contribution >= 4 is 23.4 Å². The molecule has 2 heterocycles. The first-order valence-corrected chi connectivity index (χ1v) is 11.6. The highest BCUT2D eigenvalue weighted by Gasteiger charge is 2.26. The van der Waals surface area contributed by atoms with Gasteiger partial charge in [0.25, 0.3) is 5.91 Å². The summed E-state index contributed by atoms with van der Waals surface area (Å²) in [4.78, 5) is 33.1. The van der Waals surface area contributed by atoms with E-state index in [2.05, 4.69) is 24.0 Å². The smallest absolute Gasteiger partial charge is 0.255 e. The molecule has 2 amide bonds. The molecule has 0 unspecified atom stereocenters. The summed E-state index contributed by atoms with van der Waals surface area (Å²) in [5.74, 6) is 0.571. The third-order valence-corrected chi connectivity index (χ3v) is 6.25. The molecular formula is C25H26ClFN4O3. The first kappa shape index (κ1) is 23.9. The standard InChI is InChI=1S/C25H26ClFN4O3/c1-16(2)17-3-5-18(6-4-17)24-28-22(34-29-24)9-10-23(32)30-11-13-31(14-12-30)25(33)20-8-7-19(27)15-21(20)26/h3-8,15-16H,9-14H2,1-2H3. The molecule has 0 saturated carbocycles. The Morgan fingerprint density at radius 1 is 1.06 bits per heavy atom. The van der Waals surface area contributed by atoms with Gasteiger partial charge in [0.1, 0.15) is 5.82 Å². The fraction of sp³-hybridized carbons (Fsp3) is 0.360. The van der Waals surface area contributed by atoms with E-state index in [4.69, 9.17) is 16.1 Å². The highest BCUT2D eigenvalue weighted by atomic mass is 35.5. The number of aryl methyl sites for hydroxylation is 1. The molecule has 1 saturated heterocycles. The van der Waals surface area contributed by atoms with Crippen molar-refractivity contribution in [3.63, 3.8) is 0 Å². The lowest BCUT2D eigenvalue weighted by Gasteiger charge is -2.35. The number of carbonyl (C=O) groups is 2. The molecule has 0 N–H and O–H groups in total. The zero-order valence-electron chi connectivity index (χ0n) is 19.1. The van der Waals surface area contributed by atoms with Crippen molar-refractivity contribution in [2.45, 2.75) is 32.6 Å². The number of hydrogen-bond acceptors (Lipinski definition) is 5. The maximum Gasteiger partial charge on any atom is 0.255 e. The van der Waals surface area contributed by atoms with Gasteiger partial charge in [0.15, 0.2) is 0 Å². The molecule has 4 rings (SSSR count). The summed E-state index contributed by atoms with van der Waals surface area (Å²) in [6.07, 6.45) is 0.589. The quantitative estimate of drug-likeness (QED) is 0.512. The van der Waals surface area contributed by atoms with Gasteiger partial charge >= 0.3 is 0 Å². The first-order valence-electron chi connectivity index (χ1n) is 11.3. The lowest BCUT2D eigenvalue weighted by Crippen LogP contribution is -2.50. The summed E-state index contributed by atoms with van der Waals surface area (Å²) in [5.41, 5.74) is 2.36. The second-order valence-electron chi connectivity index (χ2n) is 8.59. The zero-order chi connectivity index (χ0) is 24.2.